The van der Waals surface area contributed by atoms with E-state index in [2.05, 4.69) is 30.6 Å². The second kappa shape index (κ2) is 10.5. The first-order valence-corrected chi connectivity index (χ1v) is 12.7. The number of carbonyl (C=O) groups is 1. The molecule has 11 nitrogen and oxygen atoms in total. The van der Waals surface area contributed by atoms with Crippen LogP contribution in [-0.4, -0.2) is 52.1 Å². The van der Waals surface area contributed by atoms with Crippen molar-refractivity contribution in [2.24, 2.45) is 13.0 Å². The van der Waals surface area contributed by atoms with E-state index >= 15 is 0 Å². The quantitative estimate of drug-likeness (QED) is 0.478. The highest BCUT2D eigenvalue weighted by Gasteiger charge is 2.28. The van der Waals surface area contributed by atoms with Crippen LogP contribution in [0.25, 0.3) is 11.4 Å². The van der Waals surface area contributed by atoms with E-state index in [4.69, 9.17) is 9.72 Å². The van der Waals surface area contributed by atoms with Gasteiger partial charge in [-0.15, -0.1) is 5.10 Å². The predicted octanol–water partition coefficient (Wildman–Crippen LogP) is 3.66. The van der Waals surface area contributed by atoms with E-state index in [0.717, 1.165) is 42.9 Å². The molecule has 2 saturated carbocycles. The fraction of sp³-hybridized carbons (Fsp3) is 0.560. The summed E-state index contributed by atoms with van der Waals surface area (Å²) >= 11 is 0. The lowest BCUT2D eigenvalue weighted by Crippen LogP contribution is -2.29. The highest BCUT2D eigenvalue weighted by Crippen LogP contribution is 2.32. The maximum atomic E-state index is 11.4. The minimum atomic E-state index is -0.746. The number of hydrogen-bond acceptors (Lipinski definition) is 9. The highest BCUT2D eigenvalue weighted by atomic mass is 16.5. The molecule has 3 aromatic rings. The van der Waals surface area contributed by atoms with Crippen LogP contribution in [0, 0.1) is 12.8 Å². The van der Waals surface area contributed by atoms with Gasteiger partial charge in [0.2, 0.25) is 5.95 Å². The van der Waals surface area contributed by atoms with Gasteiger partial charge in [-0.05, 0) is 57.6 Å². The minimum Gasteiger partial charge on any atom is -0.489 e. The predicted molar refractivity (Wildman–Crippen MR) is 131 cm³/mol. The monoisotopic (exact) mass is 492 g/mol. The first-order chi connectivity index (χ1) is 17.5. The summed E-state index contributed by atoms with van der Waals surface area (Å²) in [5.74, 6) is 1.39. The molecule has 3 heterocycles. The van der Waals surface area contributed by atoms with Crippen LogP contribution >= 0.6 is 0 Å². The summed E-state index contributed by atoms with van der Waals surface area (Å²) < 4.78 is 7.87. The number of anilines is 1. The van der Waals surface area contributed by atoms with E-state index in [-0.39, 0.29) is 12.0 Å². The van der Waals surface area contributed by atoms with E-state index in [9.17, 15) is 9.90 Å². The van der Waals surface area contributed by atoms with Crippen LogP contribution in [-0.2, 0) is 18.4 Å². The van der Waals surface area contributed by atoms with Crippen molar-refractivity contribution < 1.29 is 14.6 Å². The van der Waals surface area contributed by atoms with Gasteiger partial charge in [0.15, 0.2) is 0 Å². The summed E-state index contributed by atoms with van der Waals surface area (Å²) in [5.41, 5.74) is 2.95. The van der Waals surface area contributed by atoms with Crippen LogP contribution in [0.4, 0.5) is 5.95 Å². The molecule has 0 aliphatic heterocycles. The SMILES string of the molecule is Cc1nc(-c2nnn(C)c2CNc2ncnc(C3CCCC3)n2)ccc1O[C@H]1CCC[C@H](C(=O)O)C1. The van der Waals surface area contributed by atoms with Crippen LogP contribution in [0.2, 0.25) is 0 Å². The summed E-state index contributed by atoms with van der Waals surface area (Å²) in [6.07, 6.45) is 9.10. The highest BCUT2D eigenvalue weighted by molar-refractivity contribution is 5.70. The first kappa shape index (κ1) is 24.1. The molecule has 190 valence electrons. The van der Waals surface area contributed by atoms with Crippen molar-refractivity contribution in [2.45, 2.75) is 76.9 Å². The minimum absolute atomic E-state index is 0.114. The zero-order valence-electron chi connectivity index (χ0n) is 20.7. The molecular formula is C25H32N8O3. The third-order valence-electron chi connectivity index (χ3n) is 7.22. The van der Waals surface area contributed by atoms with Crippen LogP contribution in [0.5, 0.6) is 5.75 Å². The van der Waals surface area contributed by atoms with Crippen molar-refractivity contribution in [1.29, 1.82) is 0 Å². The number of pyridine rings is 1. The zero-order chi connectivity index (χ0) is 25.1. The van der Waals surface area contributed by atoms with Gasteiger partial charge in [-0.25, -0.2) is 19.6 Å². The number of aromatic nitrogens is 7. The van der Waals surface area contributed by atoms with Gasteiger partial charge in [0.05, 0.1) is 35.6 Å². The Labute approximate surface area is 209 Å². The van der Waals surface area contributed by atoms with Gasteiger partial charge in [0.1, 0.15) is 23.6 Å². The number of rotatable bonds is 8. The number of hydrogen-bond donors (Lipinski definition) is 2. The molecule has 0 spiro atoms. The summed E-state index contributed by atoms with van der Waals surface area (Å²) in [4.78, 5) is 29.4. The lowest BCUT2D eigenvalue weighted by atomic mass is 9.87. The maximum Gasteiger partial charge on any atom is 0.306 e. The Kier molecular flexibility index (Phi) is 7.06. The molecule has 0 amide bonds. The van der Waals surface area contributed by atoms with E-state index < -0.39 is 5.97 Å². The van der Waals surface area contributed by atoms with Gasteiger partial charge in [-0.2, -0.15) is 4.98 Å². The summed E-state index contributed by atoms with van der Waals surface area (Å²) in [5, 5.41) is 21.2. The second-order valence-electron chi connectivity index (χ2n) is 9.73. The van der Waals surface area contributed by atoms with Crippen LogP contribution in [0.3, 0.4) is 0 Å². The molecule has 2 N–H and O–H groups in total. The smallest absolute Gasteiger partial charge is 0.306 e. The Bertz CT molecular complexity index is 1220. The van der Waals surface area contributed by atoms with Gasteiger partial charge in [0.25, 0.3) is 0 Å². The molecule has 0 bridgehead atoms. The standard InChI is InChI=1S/C25H32N8O3/c1-15-21(36-18-9-5-8-17(12-18)24(34)35)11-10-19(29-15)22-20(33(2)32-31-22)13-26-25-28-14-27-23(30-25)16-6-3-4-7-16/h10-11,14,16-18H,3-9,12-13H2,1-2H3,(H,34,35)(H,26,27,28,30)/t17-,18-/m0/s1. The third-order valence-corrected chi connectivity index (χ3v) is 7.22. The Morgan fingerprint density at radius 1 is 1.14 bits per heavy atom. The number of nitrogens with zero attached hydrogens (tertiary/aromatic N) is 7. The number of carboxylic acids is 1. The summed E-state index contributed by atoms with van der Waals surface area (Å²) in [7, 11) is 1.84. The average Bonchev–Trinajstić information content (AvgIpc) is 3.55. The van der Waals surface area contributed by atoms with E-state index in [1.165, 1.54) is 12.8 Å². The normalized spacial score (nSPS) is 20.4. The van der Waals surface area contributed by atoms with Gasteiger partial charge >= 0.3 is 5.97 Å². The van der Waals surface area contributed by atoms with E-state index in [1.54, 1.807) is 11.0 Å². The summed E-state index contributed by atoms with van der Waals surface area (Å²) in [6.45, 7) is 2.32. The van der Waals surface area contributed by atoms with Crippen LogP contribution in [0.15, 0.2) is 18.5 Å². The molecule has 0 aromatic carbocycles. The molecule has 2 aliphatic carbocycles. The third kappa shape index (κ3) is 5.29. The van der Waals surface area contributed by atoms with Gasteiger partial charge in [0, 0.05) is 13.0 Å². The molecular weight excluding hydrogens is 460 g/mol. The topological polar surface area (TPSA) is 141 Å². The Morgan fingerprint density at radius 3 is 2.75 bits per heavy atom. The molecule has 0 radical (unpaired) electrons. The number of nitrogens with one attached hydrogen (secondary N) is 1. The van der Waals surface area contributed by atoms with Gasteiger partial charge in [-0.1, -0.05) is 18.1 Å². The Balaban J connectivity index is 1.28. The molecule has 11 heteroatoms. The van der Waals surface area contributed by atoms with E-state index in [1.807, 2.05) is 26.1 Å². The number of aryl methyl sites for hydroxylation is 2. The van der Waals surface area contributed by atoms with Crippen molar-refractivity contribution in [3.63, 3.8) is 0 Å². The van der Waals surface area contributed by atoms with Crippen LogP contribution in [0.1, 0.15) is 74.5 Å². The molecule has 36 heavy (non-hydrogen) atoms. The van der Waals surface area contributed by atoms with Gasteiger partial charge in [-0.3, -0.25) is 4.79 Å². The molecule has 5 rings (SSSR count). The maximum absolute atomic E-state index is 11.4. The summed E-state index contributed by atoms with van der Waals surface area (Å²) in [6, 6.07) is 3.75. The fourth-order valence-corrected chi connectivity index (χ4v) is 5.17. The molecule has 0 unspecified atom stereocenters. The van der Waals surface area contributed by atoms with Crippen molar-refractivity contribution in [3.05, 3.63) is 35.7 Å². The van der Waals surface area contributed by atoms with Crippen LogP contribution < -0.4 is 10.1 Å². The van der Waals surface area contributed by atoms with E-state index in [0.29, 0.717) is 48.4 Å². The van der Waals surface area contributed by atoms with Crippen molar-refractivity contribution in [1.82, 2.24) is 34.9 Å². The number of carboxylic acid groups (broad SMARTS) is 1. The zero-order valence-corrected chi connectivity index (χ0v) is 20.7. The lowest BCUT2D eigenvalue weighted by molar-refractivity contribution is -0.143. The molecule has 2 atom stereocenters. The number of ether oxygens (including phenoxy) is 1. The van der Waals surface area contributed by atoms with Crippen molar-refractivity contribution in [3.8, 4) is 17.1 Å². The second-order valence-corrected chi connectivity index (χ2v) is 9.73. The molecule has 3 aromatic heterocycles. The Hall–Kier alpha value is -3.63. The fourth-order valence-electron chi connectivity index (χ4n) is 5.17. The number of aliphatic carboxylic acids is 1. The lowest BCUT2D eigenvalue weighted by Gasteiger charge is -2.27. The molecule has 0 saturated heterocycles. The van der Waals surface area contributed by atoms with Crippen molar-refractivity contribution >= 4 is 11.9 Å². The first-order valence-electron chi connectivity index (χ1n) is 12.7. The molecule has 2 aliphatic rings. The largest absolute Gasteiger partial charge is 0.489 e. The Morgan fingerprint density at radius 2 is 1.97 bits per heavy atom. The molecule has 2 fully saturated rings. The van der Waals surface area contributed by atoms with Gasteiger partial charge < -0.3 is 15.2 Å². The van der Waals surface area contributed by atoms with Crippen molar-refractivity contribution in [2.75, 3.05) is 5.32 Å². The average molecular weight is 493 g/mol.